The van der Waals surface area contributed by atoms with Crippen LogP contribution in [0, 0.1) is 0 Å². The highest BCUT2D eigenvalue weighted by Gasteiger charge is 2.05. The smallest absolute Gasteiger partial charge is 0.131 e. The van der Waals surface area contributed by atoms with Crippen molar-refractivity contribution >= 4 is 11.3 Å². The van der Waals surface area contributed by atoms with Crippen molar-refractivity contribution < 1.29 is 4.74 Å². The molecule has 0 aliphatic carbocycles. The predicted molar refractivity (Wildman–Crippen MR) is 84.1 cm³/mol. The summed E-state index contributed by atoms with van der Waals surface area (Å²) < 4.78 is 5.76. The molecule has 2 aromatic rings. The molecule has 0 amide bonds. The molecule has 0 fully saturated rings. The van der Waals surface area contributed by atoms with Gasteiger partial charge in [-0.2, -0.15) is 0 Å². The number of nitrogens with two attached hydrogens (primary N) is 1. The van der Waals surface area contributed by atoms with E-state index in [9.17, 15) is 0 Å². The molecule has 0 spiro atoms. The number of thiazole rings is 1. The Morgan fingerprint density at radius 3 is 2.65 bits per heavy atom. The minimum atomic E-state index is 0.110. The maximum absolute atomic E-state index is 5.99. The molecule has 0 aliphatic heterocycles. The molecule has 4 heteroatoms. The molecular weight excluding hydrogens is 268 g/mol. The first-order valence-corrected chi connectivity index (χ1v) is 8.02. The average Bonchev–Trinajstić information content (AvgIpc) is 2.93. The zero-order valence-corrected chi connectivity index (χ0v) is 13.0. The molecule has 0 radical (unpaired) electrons. The first kappa shape index (κ1) is 15.0. The number of nitrogens with zero attached hydrogens (tertiary/aromatic N) is 1. The third kappa shape index (κ3) is 4.05. The van der Waals surface area contributed by atoms with Gasteiger partial charge in [-0.1, -0.05) is 26.0 Å². The van der Waals surface area contributed by atoms with Gasteiger partial charge in [0.25, 0.3) is 0 Å². The van der Waals surface area contributed by atoms with Crippen molar-refractivity contribution in [3.8, 4) is 5.75 Å². The summed E-state index contributed by atoms with van der Waals surface area (Å²) in [5.41, 5.74) is 8.15. The lowest BCUT2D eigenvalue weighted by molar-refractivity contribution is 0.301. The van der Waals surface area contributed by atoms with Gasteiger partial charge >= 0.3 is 0 Å². The fraction of sp³-hybridized carbons (Fsp3) is 0.438. The SMILES string of the molecule is CCCc1nc(COc2ccc([C@H](N)CC)cc2)cs1. The fourth-order valence-corrected chi connectivity index (χ4v) is 2.83. The quantitative estimate of drug-likeness (QED) is 0.835. The van der Waals surface area contributed by atoms with E-state index in [0.717, 1.165) is 36.3 Å². The summed E-state index contributed by atoms with van der Waals surface area (Å²) in [7, 11) is 0. The van der Waals surface area contributed by atoms with Crippen LogP contribution < -0.4 is 10.5 Å². The van der Waals surface area contributed by atoms with Crippen molar-refractivity contribution in [1.82, 2.24) is 4.98 Å². The average molecular weight is 290 g/mol. The van der Waals surface area contributed by atoms with Gasteiger partial charge in [-0.25, -0.2) is 4.98 Å². The number of ether oxygens (including phenoxy) is 1. The largest absolute Gasteiger partial charge is 0.487 e. The Morgan fingerprint density at radius 2 is 2.00 bits per heavy atom. The Bertz CT molecular complexity index is 522. The van der Waals surface area contributed by atoms with E-state index >= 15 is 0 Å². The van der Waals surface area contributed by atoms with Crippen LogP contribution in [0.1, 0.15) is 49.0 Å². The van der Waals surface area contributed by atoms with E-state index in [1.807, 2.05) is 24.3 Å². The van der Waals surface area contributed by atoms with Crippen LogP contribution in [0.4, 0.5) is 0 Å². The van der Waals surface area contributed by atoms with Gasteiger partial charge in [0.15, 0.2) is 0 Å². The fourth-order valence-electron chi connectivity index (χ4n) is 1.95. The second-order valence-electron chi connectivity index (χ2n) is 4.86. The first-order chi connectivity index (χ1) is 9.72. The van der Waals surface area contributed by atoms with Gasteiger partial charge in [-0.3, -0.25) is 0 Å². The number of hydrogen-bond donors (Lipinski definition) is 1. The van der Waals surface area contributed by atoms with Crippen molar-refractivity contribution in [3.05, 3.63) is 45.9 Å². The molecular formula is C16H22N2OS. The van der Waals surface area contributed by atoms with Crippen LogP contribution in [0.25, 0.3) is 0 Å². The summed E-state index contributed by atoms with van der Waals surface area (Å²) >= 11 is 1.71. The van der Waals surface area contributed by atoms with Crippen molar-refractivity contribution in [2.45, 2.75) is 45.8 Å². The van der Waals surface area contributed by atoms with Gasteiger partial charge in [-0.15, -0.1) is 11.3 Å². The zero-order chi connectivity index (χ0) is 14.4. The number of aromatic nitrogens is 1. The summed E-state index contributed by atoms with van der Waals surface area (Å²) in [6, 6.07) is 8.13. The monoisotopic (exact) mass is 290 g/mol. The van der Waals surface area contributed by atoms with Crippen LogP contribution >= 0.6 is 11.3 Å². The van der Waals surface area contributed by atoms with E-state index in [4.69, 9.17) is 10.5 Å². The van der Waals surface area contributed by atoms with Gasteiger partial charge < -0.3 is 10.5 Å². The van der Waals surface area contributed by atoms with Crippen LogP contribution in [0.5, 0.6) is 5.75 Å². The van der Waals surface area contributed by atoms with E-state index < -0.39 is 0 Å². The first-order valence-electron chi connectivity index (χ1n) is 7.14. The Kier molecular flexibility index (Phi) is 5.56. The van der Waals surface area contributed by atoms with E-state index in [1.54, 1.807) is 11.3 Å². The van der Waals surface area contributed by atoms with E-state index in [1.165, 1.54) is 5.01 Å². The summed E-state index contributed by atoms with van der Waals surface area (Å²) in [6.45, 7) is 4.78. The summed E-state index contributed by atoms with van der Waals surface area (Å²) in [5.74, 6) is 0.863. The van der Waals surface area contributed by atoms with Crippen LogP contribution in [0.15, 0.2) is 29.6 Å². The molecule has 0 aliphatic rings. The molecule has 108 valence electrons. The van der Waals surface area contributed by atoms with Crippen molar-refractivity contribution in [3.63, 3.8) is 0 Å². The van der Waals surface area contributed by atoms with Crippen LogP contribution in [0.3, 0.4) is 0 Å². The molecule has 0 saturated heterocycles. The Hall–Kier alpha value is -1.39. The van der Waals surface area contributed by atoms with E-state index in [0.29, 0.717) is 6.61 Å². The molecule has 20 heavy (non-hydrogen) atoms. The molecule has 0 unspecified atom stereocenters. The second kappa shape index (κ2) is 7.41. The van der Waals surface area contributed by atoms with Crippen LogP contribution in [-0.2, 0) is 13.0 Å². The van der Waals surface area contributed by atoms with Gasteiger partial charge in [0, 0.05) is 11.4 Å². The molecule has 0 saturated carbocycles. The summed E-state index contributed by atoms with van der Waals surface area (Å²) in [6.07, 6.45) is 3.13. The molecule has 1 aromatic heterocycles. The van der Waals surface area contributed by atoms with Crippen molar-refractivity contribution in [2.75, 3.05) is 0 Å². The third-order valence-electron chi connectivity index (χ3n) is 3.20. The normalized spacial score (nSPS) is 12.3. The zero-order valence-electron chi connectivity index (χ0n) is 12.1. The van der Waals surface area contributed by atoms with Crippen LogP contribution in [0.2, 0.25) is 0 Å². The number of benzene rings is 1. The number of rotatable bonds is 7. The predicted octanol–water partition coefficient (Wildman–Crippen LogP) is 4.08. The molecule has 1 aromatic carbocycles. The molecule has 3 nitrogen and oxygen atoms in total. The minimum Gasteiger partial charge on any atom is -0.487 e. The van der Waals surface area contributed by atoms with E-state index in [2.05, 4.69) is 24.2 Å². The number of hydrogen-bond acceptors (Lipinski definition) is 4. The maximum atomic E-state index is 5.99. The van der Waals surface area contributed by atoms with Crippen LogP contribution in [-0.4, -0.2) is 4.98 Å². The minimum absolute atomic E-state index is 0.110. The van der Waals surface area contributed by atoms with Gasteiger partial charge in [0.1, 0.15) is 12.4 Å². The second-order valence-corrected chi connectivity index (χ2v) is 5.80. The Morgan fingerprint density at radius 1 is 1.25 bits per heavy atom. The highest BCUT2D eigenvalue weighted by Crippen LogP contribution is 2.19. The topological polar surface area (TPSA) is 48.1 Å². The number of aryl methyl sites for hydroxylation is 1. The lowest BCUT2D eigenvalue weighted by atomic mass is 10.1. The standard InChI is InChI=1S/C16H22N2OS/c1-3-5-16-18-13(11-20-16)10-19-14-8-6-12(7-9-14)15(17)4-2/h6-9,11,15H,3-5,10,17H2,1-2H3/t15-/m1/s1. The van der Waals surface area contributed by atoms with Crippen molar-refractivity contribution in [2.24, 2.45) is 5.73 Å². The lowest BCUT2D eigenvalue weighted by Gasteiger charge is -2.10. The molecule has 2 rings (SSSR count). The van der Waals surface area contributed by atoms with E-state index in [-0.39, 0.29) is 6.04 Å². The van der Waals surface area contributed by atoms with Gasteiger partial charge in [0.2, 0.25) is 0 Å². The lowest BCUT2D eigenvalue weighted by Crippen LogP contribution is -2.08. The highest BCUT2D eigenvalue weighted by atomic mass is 32.1. The molecule has 2 N–H and O–H groups in total. The maximum Gasteiger partial charge on any atom is 0.131 e. The Balaban J connectivity index is 1.89. The summed E-state index contributed by atoms with van der Waals surface area (Å²) in [4.78, 5) is 4.55. The van der Waals surface area contributed by atoms with Gasteiger partial charge in [-0.05, 0) is 37.0 Å². The third-order valence-corrected chi connectivity index (χ3v) is 4.16. The van der Waals surface area contributed by atoms with Crippen molar-refractivity contribution in [1.29, 1.82) is 0 Å². The Labute approximate surface area is 124 Å². The molecule has 1 heterocycles. The summed E-state index contributed by atoms with van der Waals surface area (Å²) in [5, 5.41) is 3.27. The molecule has 1 atom stereocenters. The van der Waals surface area contributed by atoms with Gasteiger partial charge in [0.05, 0.1) is 10.7 Å². The molecule has 0 bridgehead atoms. The highest BCUT2D eigenvalue weighted by molar-refractivity contribution is 7.09.